The van der Waals surface area contributed by atoms with E-state index in [1.165, 1.54) is 19.3 Å². The third-order valence-corrected chi connectivity index (χ3v) is 4.68. The van der Waals surface area contributed by atoms with Gasteiger partial charge in [0.2, 0.25) is 5.91 Å². The maximum absolute atomic E-state index is 12.0. The second kappa shape index (κ2) is 7.04. The lowest BCUT2D eigenvalue weighted by molar-refractivity contribution is -0.125. The fourth-order valence-corrected chi connectivity index (χ4v) is 3.23. The molecule has 1 amide bonds. The van der Waals surface area contributed by atoms with Gasteiger partial charge in [-0.25, -0.2) is 5.43 Å². The Labute approximate surface area is 116 Å². The molecule has 4 nitrogen and oxygen atoms in total. The zero-order chi connectivity index (χ0) is 13.7. The lowest BCUT2D eigenvalue weighted by atomic mass is 9.84. The van der Waals surface area contributed by atoms with Gasteiger partial charge >= 0.3 is 0 Å². The number of nitrogens with zero attached hydrogens (tertiary/aromatic N) is 1. The van der Waals surface area contributed by atoms with E-state index in [0.29, 0.717) is 12.0 Å². The molecule has 2 aliphatic carbocycles. The number of nitrogens with one attached hydrogen (secondary N) is 1. The molecule has 4 heteroatoms. The Morgan fingerprint density at radius 1 is 1.00 bits per heavy atom. The maximum atomic E-state index is 12.0. The van der Waals surface area contributed by atoms with Gasteiger partial charge in [0.15, 0.2) is 0 Å². The van der Waals surface area contributed by atoms with E-state index in [1.54, 1.807) is 0 Å². The largest absolute Gasteiger partial charge is 0.328 e. The molecule has 0 atom stereocenters. The number of hydrogen-bond donors (Lipinski definition) is 2. The third kappa shape index (κ3) is 4.30. The summed E-state index contributed by atoms with van der Waals surface area (Å²) in [5.74, 6) is 0.808. The van der Waals surface area contributed by atoms with Crippen molar-refractivity contribution in [1.29, 1.82) is 0 Å². The number of amides is 1. The summed E-state index contributed by atoms with van der Waals surface area (Å²) in [6, 6.07) is 0.362. The molecule has 108 valence electrons. The van der Waals surface area contributed by atoms with Crippen molar-refractivity contribution in [2.24, 2.45) is 22.7 Å². The SMILES string of the molecule is C/C(=N\NC(=O)C1CCCCC1)C1CCC(N)CC1. The van der Waals surface area contributed by atoms with Crippen LogP contribution in [-0.4, -0.2) is 17.7 Å². The van der Waals surface area contributed by atoms with Crippen LogP contribution in [0.3, 0.4) is 0 Å². The summed E-state index contributed by atoms with van der Waals surface area (Å²) in [4.78, 5) is 12.0. The number of rotatable bonds is 3. The van der Waals surface area contributed by atoms with Gasteiger partial charge in [0.05, 0.1) is 0 Å². The molecule has 2 fully saturated rings. The fraction of sp³-hybridized carbons (Fsp3) is 0.867. The molecule has 2 aliphatic rings. The van der Waals surface area contributed by atoms with Crippen molar-refractivity contribution in [3.8, 4) is 0 Å². The van der Waals surface area contributed by atoms with Crippen LogP contribution in [0.4, 0.5) is 0 Å². The second-order valence-corrected chi connectivity index (χ2v) is 6.18. The van der Waals surface area contributed by atoms with Crippen molar-refractivity contribution >= 4 is 11.6 Å². The third-order valence-electron chi connectivity index (χ3n) is 4.68. The van der Waals surface area contributed by atoms with Crippen molar-refractivity contribution in [3.63, 3.8) is 0 Å². The standard InChI is InChI=1S/C15H27N3O/c1-11(12-7-9-14(16)10-8-12)17-18-15(19)13-5-3-2-4-6-13/h12-14H,2-10,16H2,1H3,(H,18,19)/b17-11+. The first-order chi connectivity index (χ1) is 9.16. The molecule has 0 aromatic rings. The Hall–Kier alpha value is -0.900. The van der Waals surface area contributed by atoms with Crippen LogP contribution in [0, 0.1) is 11.8 Å². The molecule has 2 saturated carbocycles. The van der Waals surface area contributed by atoms with Crippen molar-refractivity contribution in [2.75, 3.05) is 0 Å². The van der Waals surface area contributed by atoms with E-state index < -0.39 is 0 Å². The first-order valence-corrected chi connectivity index (χ1v) is 7.76. The predicted molar refractivity (Wildman–Crippen MR) is 77.8 cm³/mol. The smallest absolute Gasteiger partial charge is 0.243 e. The molecule has 0 aromatic heterocycles. The summed E-state index contributed by atoms with van der Waals surface area (Å²) in [6.07, 6.45) is 10.1. The topological polar surface area (TPSA) is 67.5 Å². The lowest BCUT2D eigenvalue weighted by Crippen LogP contribution is -2.32. The number of carbonyl (C=O) groups excluding carboxylic acids is 1. The van der Waals surface area contributed by atoms with Crippen LogP contribution >= 0.6 is 0 Å². The van der Waals surface area contributed by atoms with Crippen molar-refractivity contribution in [3.05, 3.63) is 0 Å². The second-order valence-electron chi connectivity index (χ2n) is 6.18. The minimum absolute atomic E-state index is 0.117. The monoisotopic (exact) mass is 265 g/mol. The first kappa shape index (κ1) is 14.5. The molecule has 0 aliphatic heterocycles. The molecule has 3 N–H and O–H groups in total. The highest BCUT2D eigenvalue weighted by molar-refractivity contribution is 5.86. The summed E-state index contributed by atoms with van der Waals surface area (Å²) < 4.78 is 0. The van der Waals surface area contributed by atoms with E-state index in [0.717, 1.165) is 44.2 Å². The first-order valence-electron chi connectivity index (χ1n) is 7.76. The summed E-state index contributed by atoms with van der Waals surface area (Å²) in [5, 5.41) is 4.32. The zero-order valence-electron chi connectivity index (χ0n) is 12.0. The van der Waals surface area contributed by atoms with Gasteiger partial charge in [0, 0.05) is 17.7 Å². The normalized spacial score (nSPS) is 30.1. The van der Waals surface area contributed by atoms with Crippen LogP contribution in [-0.2, 0) is 4.79 Å². The van der Waals surface area contributed by atoms with Gasteiger partial charge in [-0.2, -0.15) is 5.10 Å². The Morgan fingerprint density at radius 3 is 2.26 bits per heavy atom. The molecular weight excluding hydrogens is 238 g/mol. The number of carbonyl (C=O) groups is 1. The van der Waals surface area contributed by atoms with E-state index in [-0.39, 0.29) is 11.8 Å². The molecule has 0 bridgehead atoms. The Balaban J connectivity index is 1.78. The van der Waals surface area contributed by atoms with Crippen LogP contribution in [0.2, 0.25) is 0 Å². The fourth-order valence-electron chi connectivity index (χ4n) is 3.23. The molecule has 19 heavy (non-hydrogen) atoms. The Bertz CT molecular complexity index is 326. The van der Waals surface area contributed by atoms with Crippen molar-refractivity contribution < 1.29 is 4.79 Å². The average molecular weight is 265 g/mol. The van der Waals surface area contributed by atoms with Gasteiger partial charge in [0.1, 0.15) is 0 Å². The van der Waals surface area contributed by atoms with Gasteiger partial charge in [-0.05, 0) is 51.4 Å². The summed E-state index contributed by atoms with van der Waals surface area (Å²) in [7, 11) is 0. The summed E-state index contributed by atoms with van der Waals surface area (Å²) in [5.41, 5.74) is 9.75. The van der Waals surface area contributed by atoms with Gasteiger partial charge in [-0.3, -0.25) is 4.79 Å². The summed E-state index contributed by atoms with van der Waals surface area (Å²) >= 11 is 0. The molecule has 0 unspecified atom stereocenters. The molecular formula is C15H27N3O. The van der Waals surface area contributed by atoms with Gasteiger partial charge < -0.3 is 5.73 Å². The summed E-state index contributed by atoms with van der Waals surface area (Å²) in [6.45, 7) is 2.03. The van der Waals surface area contributed by atoms with E-state index in [9.17, 15) is 4.79 Å². The molecule has 0 radical (unpaired) electrons. The maximum Gasteiger partial charge on any atom is 0.243 e. The highest BCUT2D eigenvalue weighted by atomic mass is 16.2. The number of hydrogen-bond acceptors (Lipinski definition) is 3. The Kier molecular flexibility index (Phi) is 5.37. The minimum atomic E-state index is 0.117. The quantitative estimate of drug-likeness (QED) is 0.608. The van der Waals surface area contributed by atoms with E-state index >= 15 is 0 Å². The van der Waals surface area contributed by atoms with Crippen LogP contribution in [0.25, 0.3) is 0 Å². The van der Waals surface area contributed by atoms with Crippen LogP contribution in [0.15, 0.2) is 5.10 Å². The number of hydrazone groups is 1. The van der Waals surface area contributed by atoms with Gasteiger partial charge in [0.25, 0.3) is 0 Å². The van der Waals surface area contributed by atoms with E-state index in [4.69, 9.17) is 5.73 Å². The number of nitrogens with two attached hydrogens (primary N) is 1. The highest BCUT2D eigenvalue weighted by Crippen LogP contribution is 2.25. The van der Waals surface area contributed by atoms with Crippen LogP contribution < -0.4 is 11.2 Å². The molecule has 0 heterocycles. The zero-order valence-corrected chi connectivity index (χ0v) is 12.0. The molecule has 2 rings (SSSR count). The molecule has 0 spiro atoms. The average Bonchev–Trinajstić information content (AvgIpc) is 2.46. The van der Waals surface area contributed by atoms with Gasteiger partial charge in [-0.1, -0.05) is 19.3 Å². The minimum Gasteiger partial charge on any atom is -0.328 e. The van der Waals surface area contributed by atoms with E-state index in [1.807, 2.05) is 6.92 Å². The van der Waals surface area contributed by atoms with Crippen LogP contribution in [0.5, 0.6) is 0 Å². The molecule has 0 aromatic carbocycles. The van der Waals surface area contributed by atoms with Crippen LogP contribution in [0.1, 0.15) is 64.7 Å². The lowest BCUT2D eigenvalue weighted by Gasteiger charge is -2.26. The van der Waals surface area contributed by atoms with Gasteiger partial charge in [-0.15, -0.1) is 0 Å². The Morgan fingerprint density at radius 2 is 1.63 bits per heavy atom. The van der Waals surface area contributed by atoms with Crippen molar-refractivity contribution in [2.45, 2.75) is 70.8 Å². The molecule has 0 saturated heterocycles. The van der Waals surface area contributed by atoms with E-state index in [2.05, 4.69) is 10.5 Å². The predicted octanol–water partition coefficient (Wildman–Crippen LogP) is 2.58. The van der Waals surface area contributed by atoms with Crippen molar-refractivity contribution in [1.82, 2.24) is 5.43 Å². The highest BCUT2D eigenvalue weighted by Gasteiger charge is 2.23.